The maximum atomic E-state index is 14.9. The summed E-state index contributed by atoms with van der Waals surface area (Å²) in [5, 5.41) is 10.9. The van der Waals surface area contributed by atoms with Gasteiger partial charge >= 0.3 is 0 Å². The molecule has 41 heavy (non-hydrogen) atoms. The van der Waals surface area contributed by atoms with E-state index in [4.69, 9.17) is 16.0 Å². The van der Waals surface area contributed by atoms with Crippen LogP contribution in [0.4, 0.5) is 14.5 Å². The fraction of sp³-hybridized carbons (Fsp3) is 0.281. The van der Waals surface area contributed by atoms with Gasteiger partial charge in [-0.3, -0.25) is 9.78 Å². The van der Waals surface area contributed by atoms with Gasteiger partial charge in [-0.15, -0.1) is 0 Å². The van der Waals surface area contributed by atoms with Crippen LogP contribution >= 0.6 is 0 Å². The zero-order valence-corrected chi connectivity index (χ0v) is 22.9. The van der Waals surface area contributed by atoms with E-state index in [1.165, 1.54) is 42.6 Å². The molecule has 0 aliphatic heterocycles. The van der Waals surface area contributed by atoms with Gasteiger partial charge in [0.25, 0.3) is 0 Å². The first-order valence-electron chi connectivity index (χ1n) is 13.4. The van der Waals surface area contributed by atoms with Crippen LogP contribution in [0.2, 0.25) is 0 Å². The number of halogens is 2. The SMILES string of the molecule is [C-]#[N+]c1cc2c(Oc3ccc(CC(=O)Cc4ccc(F)cc4)c(F)c3)ccnc2cc1OC[C@H](O)CN(CC)CC. The minimum atomic E-state index is -0.720. The number of Topliss-reactive ketones (excluding diaryl/α,β-unsaturated/α-hetero) is 1. The van der Waals surface area contributed by atoms with E-state index in [1.54, 1.807) is 24.3 Å². The number of benzene rings is 3. The lowest BCUT2D eigenvalue weighted by Gasteiger charge is -2.22. The van der Waals surface area contributed by atoms with Gasteiger partial charge in [-0.2, -0.15) is 0 Å². The first kappa shape index (κ1) is 29.6. The summed E-state index contributed by atoms with van der Waals surface area (Å²) in [6, 6.07) is 14.7. The van der Waals surface area contributed by atoms with E-state index in [9.17, 15) is 18.7 Å². The highest BCUT2D eigenvalue weighted by molar-refractivity contribution is 5.91. The van der Waals surface area contributed by atoms with E-state index < -0.39 is 11.9 Å². The molecular weight excluding hydrogens is 528 g/mol. The zero-order valence-electron chi connectivity index (χ0n) is 22.9. The lowest BCUT2D eigenvalue weighted by atomic mass is 10.0. The van der Waals surface area contributed by atoms with Crippen molar-refractivity contribution in [1.82, 2.24) is 9.88 Å². The Labute approximate surface area is 237 Å². The van der Waals surface area contributed by atoms with Crippen molar-refractivity contribution in [3.8, 4) is 17.2 Å². The number of hydrogen-bond acceptors (Lipinski definition) is 6. The van der Waals surface area contributed by atoms with E-state index in [2.05, 4.69) is 14.7 Å². The molecule has 9 heteroatoms. The molecule has 0 bridgehead atoms. The Morgan fingerprint density at radius 1 is 1.02 bits per heavy atom. The van der Waals surface area contributed by atoms with Gasteiger partial charge < -0.3 is 19.5 Å². The van der Waals surface area contributed by atoms with E-state index in [0.717, 1.165) is 13.1 Å². The summed E-state index contributed by atoms with van der Waals surface area (Å²) in [5.41, 5.74) is 1.62. The van der Waals surface area contributed by atoms with E-state index in [-0.39, 0.29) is 48.0 Å². The van der Waals surface area contributed by atoms with Crippen molar-refractivity contribution in [3.63, 3.8) is 0 Å². The summed E-state index contributed by atoms with van der Waals surface area (Å²) >= 11 is 0. The molecule has 0 amide bonds. The first-order valence-corrected chi connectivity index (χ1v) is 13.4. The van der Waals surface area contributed by atoms with Crippen molar-refractivity contribution in [1.29, 1.82) is 0 Å². The van der Waals surface area contributed by atoms with Crippen molar-refractivity contribution in [3.05, 3.63) is 101 Å². The monoisotopic (exact) mass is 559 g/mol. The lowest BCUT2D eigenvalue weighted by molar-refractivity contribution is -0.117. The van der Waals surface area contributed by atoms with Gasteiger partial charge in [0.15, 0.2) is 0 Å². The van der Waals surface area contributed by atoms with Crippen LogP contribution in [0, 0.1) is 18.2 Å². The molecule has 0 saturated carbocycles. The van der Waals surface area contributed by atoms with Crippen LogP contribution in [0.15, 0.2) is 66.9 Å². The second-order valence-electron chi connectivity index (χ2n) is 9.58. The Balaban J connectivity index is 1.46. The van der Waals surface area contributed by atoms with Crippen LogP contribution in [-0.4, -0.2) is 53.1 Å². The molecule has 0 radical (unpaired) electrons. The number of likely N-dealkylation sites (N-methyl/N-ethyl adjacent to an activating group) is 1. The van der Waals surface area contributed by atoms with Gasteiger partial charge in [0.1, 0.15) is 47.4 Å². The minimum Gasteiger partial charge on any atom is -0.502 e. The van der Waals surface area contributed by atoms with Crippen molar-refractivity contribution in [2.45, 2.75) is 32.8 Å². The van der Waals surface area contributed by atoms with Crippen LogP contribution in [0.1, 0.15) is 25.0 Å². The van der Waals surface area contributed by atoms with Crippen molar-refractivity contribution in [2.75, 3.05) is 26.2 Å². The molecule has 1 aromatic heterocycles. The predicted octanol–water partition coefficient (Wildman–Crippen LogP) is 6.29. The van der Waals surface area contributed by atoms with Crippen LogP contribution in [0.5, 0.6) is 17.2 Å². The molecule has 0 spiro atoms. The second kappa shape index (κ2) is 13.8. The fourth-order valence-electron chi connectivity index (χ4n) is 4.41. The molecule has 3 aromatic carbocycles. The van der Waals surface area contributed by atoms with Crippen LogP contribution in [0.3, 0.4) is 0 Å². The largest absolute Gasteiger partial charge is 0.502 e. The summed E-state index contributed by atoms with van der Waals surface area (Å²) in [6.45, 7) is 13.8. The van der Waals surface area contributed by atoms with Crippen molar-refractivity contribution < 1.29 is 28.2 Å². The number of hydrogen-bond donors (Lipinski definition) is 1. The maximum Gasteiger partial charge on any atom is 0.229 e. The maximum absolute atomic E-state index is 14.9. The number of aliphatic hydroxyl groups excluding tert-OH is 1. The van der Waals surface area contributed by atoms with Gasteiger partial charge in [0, 0.05) is 37.0 Å². The van der Waals surface area contributed by atoms with Crippen LogP contribution in [0.25, 0.3) is 15.7 Å². The Bertz CT molecular complexity index is 1550. The molecular formula is C32H31F2N3O4. The standard InChI is InChI=1S/C32H31F2N3O4/c1-4-37(5-2)19-25(39)20-40-32-18-29-27(17-30(32)35-3)31(12-13-36-29)41-26-11-8-22(28(34)16-26)15-24(38)14-21-6-9-23(33)10-7-21/h6-13,16-18,25,39H,4-5,14-15,19-20H2,1-2H3/t25-/m1/s1. The van der Waals surface area contributed by atoms with Gasteiger partial charge in [-0.1, -0.05) is 32.0 Å². The summed E-state index contributed by atoms with van der Waals surface area (Å²) in [6.07, 6.45) is 0.781. The van der Waals surface area contributed by atoms with E-state index in [0.29, 0.717) is 34.5 Å². The normalized spacial score (nSPS) is 11.8. The summed E-state index contributed by atoms with van der Waals surface area (Å²) in [5.74, 6) is -0.285. The molecule has 1 atom stereocenters. The molecule has 0 aliphatic rings. The number of ketones is 1. The lowest BCUT2D eigenvalue weighted by Crippen LogP contribution is -2.35. The number of ether oxygens (including phenoxy) is 2. The highest BCUT2D eigenvalue weighted by Crippen LogP contribution is 2.37. The molecule has 4 rings (SSSR count). The van der Waals surface area contributed by atoms with Gasteiger partial charge in [0.05, 0.1) is 12.1 Å². The summed E-state index contributed by atoms with van der Waals surface area (Å²) < 4.78 is 39.7. The molecule has 0 fully saturated rings. The molecule has 212 valence electrons. The van der Waals surface area contributed by atoms with E-state index >= 15 is 0 Å². The highest BCUT2D eigenvalue weighted by Gasteiger charge is 2.16. The summed E-state index contributed by atoms with van der Waals surface area (Å²) in [7, 11) is 0. The highest BCUT2D eigenvalue weighted by atomic mass is 19.1. The number of carbonyl (C=O) groups excluding carboxylic acids is 1. The third-order valence-corrected chi connectivity index (χ3v) is 6.65. The number of aromatic nitrogens is 1. The van der Waals surface area contributed by atoms with Crippen LogP contribution < -0.4 is 9.47 Å². The third-order valence-electron chi connectivity index (χ3n) is 6.65. The Kier molecular flexibility index (Phi) is 9.95. The smallest absolute Gasteiger partial charge is 0.229 e. The third kappa shape index (κ3) is 7.84. The molecule has 1 N–H and O–H groups in total. The number of aliphatic hydroxyl groups is 1. The Morgan fingerprint density at radius 3 is 2.46 bits per heavy atom. The Hall–Kier alpha value is -4.39. The van der Waals surface area contributed by atoms with Crippen molar-refractivity contribution >= 4 is 22.4 Å². The topological polar surface area (TPSA) is 76.2 Å². The van der Waals surface area contributed by atoms with Gasteiger partial charge in [0.2, 0.25) is 5.69 Å². The average molecular weight is 560 g/mol. The number of carbonyl (C=O) groups is 1. The van der Waals surface area contributed by atoms with Gasteiger partial charge in [-0.25, -0.2) is 13.6 Å². The Morgan fingerprint density at radius 2 is 1.78 bits per heavy atom. The predicted molar refractivity (Wildman–Crippen MR) is 153 cm³/mol. The molecule has 1 heterocycles. The molecule has 7 nitrogen and oxygen atoms in total. The van der Waals surface area contributed by atoms with Gasteiger partial charge in [-0.05, 0) is 60.6 Å². The second-order valence-corrected chi connectivity index (χ2v) is 9.58. The molecule has 0 unspecified atom stereocenters. The summed E-state index contributed by atoms with van der Waals surface area (Å²) in [4.78, 5) is 22.4. The molecule has 0 aliphatic carbocycles. The number of fused-ring (bicyclic) bond motifs is 1. The average Bonchev–Trinajstić information content (AvgIpc) is 2.97. The minimum absolute atomic E-state index is 0.0265. The quantitative estimate of drug-likeness (QED) is 0.194. The zero-order chi connectivity index (χ0) is 29.4. The number of nitrogens with zero attached hydrogens (tertiary/aromatic N) is 3. The number of rotatable bonds is 13. The van der Waals surface area contributed by atoms with Crippen molar-refractivity contribution in [2.24, 2.45) is 0 Å². The number of pyridine rings is 1. The molecule has 4 aromatic rings. The van der Waals surface area contributed by atoms with E-state index in [1.807, 2.05) is 13.8 Å². The fourth-order valence-corrected chi connectivity index (χ4v) is 4.41. The van der Waals surface area contributed by atoms with Crippen LogP contribution in [-0.2, 0) is 17.6 Å². The molecule has 0 saturated heterocycles. The first-order chi connectivity index (χ1) is 19.8.